The molecular weight excluding hydrogens is 337 g/mol. The molecule has 22 heavy (non-hydrogen) atoms. The molecule has 0 N–H and O–H groups in total. The first-order chi connectivity index (χ1) is 10.6. The van der Waals surface area contributed by atoms with Crippen molar-refractivity contribution < 1.29 is 4.42 Å². The Hall–Kier alpha value is -1.96. The fourth-order valence-electron chi connectivity index (χ4n) is 2.88. The summed E-state index contributed by atoms with van der Waals surface area (Å²) < 4.78 is 8.80. The summed E-state index contributed by atoms with van der Waals surface area (Å²) in [4.78, 5) is 2.28. The molecule has 2 nitrogen and oxygen atoms in total. The first-order valence-corrected chi connectivity index (χ1v) is 9.09. The van der Waals surface area contributed by atoms with Crippen molar-refractivity contribution in [1.29, 1.82) is 0 Å². The van der Waals surface area contributed by atoms with Crippen molar-refractivity contribution in [3.63, 3.8) is 0 Å². The molecule has 0 atom stereocenters. The monoisotopic (exact) mass is 355 g/mol. The van der Waals surface area contributed by atoms with Gasteiger partial charge >= 0.3 is 137 Å². The number of nitrogens with zero attached hydrogens (tertiary/aromatic N) is 1. The van der Waals surface area contributed by atoms with Gasteiger partial charge in [0.1, 0.15) is 0 Å². The van der Waals surface area contributed by atoms with Crippen molar-refractivity contribution >= 4 is 41.1 Å². The summed E-state index contributed by atoms with van der Waals surface area (Å²) in [7, 11) is 0. The van der Waals surface area contributed by atoms with E-state index < -0.39 is 0 Å². The number of benzene rings is 2. The van der Waals surface area contributed by atoms with E-state index in [1.807, 2.05) is 6.92 Å². The van der Waals surface area contributed by atoms with Gasteiger partial charge in [0.2, 0.25) is 0 Å². The van der Waals surface area contributed by atoms with Crippen molar-refractivity contribution in [2.75, 3.05) is 4.90 Å². The molecule has 0 radical (unpaired) electrons. The Morgan fingerprint density at radius 2 is 1.68 bits per heavy atom. The van der Waals surface area contributed by atoms with Crippen LogP contribution in [0.2, 0.25) is 0 Å². The normalized spacial score (nSPS) is 13.0. The minimum atomic E-state index is 0.299. The van der Waals surface area contributed by atoms with Gasteiger partial charge in [0.05, 0.1) is 0 Å². The van der Waals surface area contributed by atoms with E-state index in [1.54, 1.807) is 0 Å². The topological polar surface area (TPSA) is 16.4 Å². The Labute approximate surface area is 136 Å². The second-order valence-electron chi connectivity index (χ2n) is 5.72. The fourth-order valence-corrected chi connectivity index (χ4v) is 5.38. The van der Waals surface area contributed by atoms with Crippen LogP contribution in [0.1, 0.15) is 16.9 Å². The van der Waals surface area contributed by atoms with Crippen LogP contribution < -0.4 is 13.8 Å². The average Bonchev–Trinajstić information content (AvgIpc) is 2.85. The SMILES string of the molecule is Cc1ccc2c(c1)[Se]c1cc(C)oc1N2c1ccccc1C. The summed E-state index contributed by atoms with van der Waals surface area (Å²) >= 11 is 0.299. The predicted molar refractivity (Wildman–Crippen MR) is 92.6 cm³/mol. The minimum absolute atomic E-state index is 0.299. The van der Waals surface area contributed by atoms with Gasteiger partial charge in [-0.15, -0.1) is 0 Å². The van der Waals surface area contributed by atoms with Crippen molar-refractivity contribution in [1.82, 2.24) is 0 Å². The van der Waals surface area contributed by atoms with Crippen LogP contribution in [0.4, 0.5) is 17.3 Å². The number of anilines is 3. The second-order valence-corrected chi connectivity index (χ2v) is 8.00. The standard InChI is InChI=1S/C19H17NOSe/c1-12-8-9-16-17(10-12)22-18-11-14(3)21-19(18)20(16)15-7-5-4-6-13(15)2/h4-11H,1-3H3. The molecular formula is C19H17NOSe. The molecule has 0 bridgehead atoms. The van der Waals surface area contributed by atoms with E-state index in [1.165, 1.54) is 31.4 Å². The van der Waals surface area contributed by atoms with Crippen LogP contribution in [0.25, 0.3) is 0 Å². The van der Waals surface area contributed by atoms with Crippen LogP contribution in [0.5, 0.6) is 0 Å². The maximum atomic E-state index is 6.06. The zero-order valence-corrected chi connectivity index (χ0v) is 14.6. The molecule has 0 aliphatic carbocycles. The zero-order valence-electron chi connectivity index (χ0n) is 12.9. The first kappa shape index (κ1) is 13.7. The summed E-state index contributed by atoms with van der Waals surface area (Å²) in [5.41, 5.74) is 5.01. The van der Waals surface area contributed by atoms with Crippen molar-refractivity contribution in [3.05, 3.63) is 65.4 Å². The molecule has 2 aromatic carbocycles. The number of hydrogen-bond donors (Lipinski definition) is 0. The van der Waals surface area contributed by atoms with Gasteiger partial charge in [-0.05, 0) is 0 Å². The van der Waals surface area contributed by atoms with Crippen LogP contribution in [0.3, 0.4) is 0 Å². The van der Waals surface area contributed by atoms with Gasteiger partial charge < -0.3 is 0 Å². The molecule has 0 unspecified atom stereocenters. The summed E-state index contributed by atoms with van der Waals surface area (Å²) in [5.74, 6) is 1.97. The molecule has 3 heteroatoms. The van der Waals surface area contributed by atoms with Gasteiger partial charge in [0, 0.05) is 0 Å². The Kier molecular flexibility index (Phi) is 3.14. The quantitative estimate of drug-likeness (QED) is 0.485. The van der Waals surface area contributed by atoms with Gasteiger partial charge in [-0.3, -0.25) is 0 Å². The van der Waals surface area contributed by atoms with E-state index in [9.17, 15) is 0 Å². The van der Waals surface area contributed by atoms with Gasteiger partial charge in [-0.25, -0.2) is 0 Å². The van der Waals surface area contributed by atoms with E-state index in [0.29, 0.717) is 15.0 Å². The summed E-state index contributed by atoms with van der Waals surface area (Å²) in [6.07, 6.45) is 0. The molecule has 110 valence electrons. The van der Waals surface area contributed by atoms with Crippen molar-refractivity contribution in [2.45, 2.75) is 20.8 Å². The molecule has 0 saturated heterocycles. The molecule has 1 aliphatic rings. The van der Waals surface area contributed by atoms with Crippen LogP contribution in [-0.2, 0) is 0 Å². The third-order valence-corrected chi connectivity index (χ3v) is 6.16. The Balaban J connectivity index is 1.99. The van der Waals surface area contributed by atoms with E-state index >= 15 is 0 Å². The maximum absolute atomic E-state index is 6.06. The summed E-state index contributed by atoms with van der Waals surface area (Å²) in [6.45, 7) is 6.34. The van der Waals surface area contributed by atoms with Gasteiger partial charge in [-0.2, -0.15) is 0 Å². The fraction of sp³-hybridized carbons (Fsp3) is 0.158. The molecule has 4 rings (SSSR count). The summed E-state index contributed by atoms with van der Waals surface area (Å²) in [6, 6.07) is 17.4. The van der Waals surface area contributed by atoms with Crippen molar-refractivity contribution in [2.24, 2.45) is 0 Å². The van der Waals surface area contributed by atoms with Gasteiger partial charge in [0.25, 0.3) is 0 Å². The summed E-state index contributed by atoms with van der Waals surface area (Å²) in [5, 5.41) is 0. The molecule has 0 spiro atoms. The third-order valence-electron chi connectivity index (χ3n) is 3.94. The molecule has 3 aromatic rings. The Morgan fingerprint density at radius 3 is 2.50 bits per heavy atom. The molecule has 1 aromatic heterocycles. The van der Waals surface area contributed by atoms with Crippen LogP contribution >= 0.6 is 0 Å². The van der Waals surface area contributed by atoms with Crippen LogP contribution in [-0.4, -0.2) is 15.0 Å². The molecule has 0 amide bonds. The van der Waals surface area contributed by atoms with Crippen molar-refractivity contribution in [3.8, 4) is 0 Å². The molecule has 1 aliphatic heterocycles. The molecule has 0 fully saturated rings. The number of fused-ring (bicyclic) bond motifs is 2. The number of furan rings is 1. The van der Waals surface area contributed by atoms with Gasteiger partial charge in [-0.1, -0.05) is 0 Å². The Morgan fingerprint density at radius 1 is 0.864 bits per heavy atom. The van der Waals surface area contributed by atoms with Crippen LogP contribution in [0.15, 0.2) is 52.9 Å². The van der Waals surface area contributed by atoms with E-state index in [2.05, 4.69) is 67.3 Å². The number of aryl methyl sites for hydroxylation is 3. The average molecular weight is 354 g/mol. The number of hydrogen-bond acceptors (Lipinski definition) is 2. The zero-order chi connectivity index (χ0) is 15.3. The molecule has 2 heterocycles. The van der Waals surface area contributed by atoms with E-state index in [-0.39, 0.29) is 0 Å². The van der Waals surface area contributed by atoms with E-state index in [4.69, 9.17) is 4.42 Å². The van der Waals surface area contributed by atoms with E-state index in [0.717, 1.165) is 11.6 Å². The third kappa shape index (κ3) is 2.09. The first-order valence-electron chi connectivity index (χ1n) is 7.38. The van der Waals surface area contributed by atoms with Gasteiger partial charge in [0.15, 0.2) is 0 Å². The predicted octanol–water partition coefficient (Wildman–Crippen LogP) is 3.64. The van der Waals surface area contributed by atoms with Crippen LogP contribution in [0, 0.1) is 20.8 Å². The second kappa shape index (κ2) is 5.05. The Bertz CT molecular complexity index is 866. The molecule has 0 saturated carbocycles. The number of rotatable bonds is 1. The number of para-hydroxylation sites is 1.